The molecule has 4 nitrogen and oxygen atoms in total. The first-order chi connectivity index (χ1) is 7.08. The van der Waals surface area contributed by atoms with E-state index < -0.39 is 0 Å². The van der Waals surface area contributed by atoms with Crippen LogP contribution >= 0.6 is 0 Å². The van der Waals surface area contributed by atoms with Crippen LogP contribution in [0.4, 0.5) is 0 Å². The van der Waals surface area contributed by atoms with Gasteiger partial charge < -0.3 is 15.2 Å². The van der Waals surface area contributed by atoms with Crippen LogP contribution in [0.1, 0.15) is 13.8 Å². The van der Waals surface area contributed by atoms with Crippen molar-refractivity contribution in [1.29, 1.82) is 0 Å². The van der Waals surface area contributed by atoms with E-state index in [9.17, 15) is 4.79 Å². The number of hydrogen-bond donors (Lipinski definition) is 2. The molecule has 0 bridgehead atoms. The summed E-state index contributed by atoms with van der Waals surface area (Å²) in [6.45, 7) is 3.74. The fourth-order valence-electron chi connectivity index (χ4n) is 1.15. The largest absolute Gasteiger partial charge is 0.508 e. The Morgan fingerprint density at radius 2 is 2.07 bits per heavy atom. The molecule has 1 rings (SSSR count). The average Bonchev–Trinajstić information content (AvgIpc) is 2.16. The van der Waals surface area contributed by atoms with Crippen LogP contribution in [-0.2, 0) is 4.79 Å². The maximum atomic E-state index is 10.7. The van der Waals surface area contributed by atoms with Crippen molar-refractivity contribution < 1.29 is 14.6 Å². The molecule has 0 unspecified atom stereocenters. The Morgan fingerprint density at radius 1 is 1.47 bits per heavy atom. The van der Waals surface area contributed by atoms with Gasteiger partial charge in [0, 0.05) is 6.92 Å². The molecule has 1 aromatic rings. The van der Waals surface area contributed by atoms with Gasteiger partial charge in [0.2, 0.25) is 5.91 Å². The Labute approximate surface area is 88.9 Å². The van der Waals surface area contributed by atoms with Crippen LogP contribution in [0.5, 0.6) is 11.5 Å². The smallest absolute Gasteiger partial charge is 0.217 e. The third-order valence-corrected chi connectivity index (χ3v) is 1.79. The van der Waals surface area contributed by atoms with Gasteiger partial charge in [0.25, 0.3) is 0 Å². The Bertz CT molecular complexity index is 321. The highest BCUT2D eigenvalue weighted by molar-refractivity contribution is 5.73. The molecule has 0 saturated carbocycles. The number of benzene rings is 1. The van der Waals surface area contributed by atoms with E-state index >= 15 is 0 Å². The number of hydrogen-bond acceptors (Lipinski definition) is 3. The lowest BCUT2D eigenvalue weighted by Crippen LogP contribution is -2.35. The molecule has 0 radical (unpaired) electrons. The first kappa shape index (κ1) is 11.4. The zero-order chi connectivity index (χ0) is 11.3. The van der Waals surface area contributed by atoms with Gasteiger partial charge in [-0.1, -0.05) is 0 Å². The van der Waals surface area contributed by atoms with Crippen molar-refractivity contribution in [3.8, 4) is 11.5 Å². The van der Waals surface area contributed by atoms with Gasteiger partial charge in [-0.3, -0.25) is 4.79 Å². The second-order valence-electron chi connectivity index (χ2n) is 3.41. The number of nitrogens with one attached hydrogen (secondary N) is 1. The van der Waals surface area contributed by atoms with Gasteiger partial charge in [0.15, 0.2) is 0 Å². The lowest BCUT2D eigenvalue weighted by molar-refractivity contribution is -0.119. The molecular weight excluding hydrogens is 194 g/mol. The van der Waals surface area contributed by atoms with Crippen molar-refractivity contribution in [3.05, 3.63) is 24.3 Å². The molecule has 1 atom stereocenters. The quantitative estimate of drug-likeness (QED) is 0.785. The number of ether oxygens (including phenoxy) is 1. The van der Waals surface area contributed by atoms with Crippen LogP contribution in [0.2, 0.25) is 0 Å². The molecule has 82 valence electrons. The lowest BCUT2D eigenvalue weighted by Gasteiger charge is -2.13. The van der Waals surface area contributed by atoms with Gasteiger partial charge in [-0.25, -0.2) is 0 Å². The maximum Gasteiger partial charge on any atom is 0.217 e. The van der Waals surface area contributed by atoms with E-state index in [-0.39, 0.29) is 17.7 Å². The van der Waals surface area contributed by atoms with Crippen LogP contribution < -0.4 is 10.1 Å². The second-order valence-corrected chi connectivity index (χ2v) is 3.41. The summed E-state index contributed by atoms with van der Waals surface area (Å²) >= 11 is 0. The van der Waals surface area contributed by atoms with Crippen molar-refractivity contribution in [1.82, 2.24) is 5.32 Å². The summed E-state index contributed by atoms with van der Waals surface area (Å²) in [5.41, 5.74) is 0. The van der Waals surface area contributed by atoms with E-state index in [1.54, 1.807) is 24.3 Å². The summed E-state index contributed by atoms with van der Waals surface area (Å²) in [6.07, 6.45) is 0. The Hall–Kier alpha value is -1.71. The second kappa shape index (κ2) is 5.24. The third kappa shape index (κ3) is 4.35. The SMILES string of the molecule is CC(=O)N[C@@H](C)COc1ccc(O)cc1. The van der Waals surface area contributed by atoms with Crippen molar-refractivity contribution >= 4 is 5.91 Å². The van der Waals surface area contributed by atoms with E-state index in [0.29, 0.717) is 12.4 Å². The van der Waals surface area contributed by atoms with Gasteiger partial charge in [0.05, 0.1) is 6.04 Å². The van der Waals surface area contributed by atoms with Gasteiger partial charge in [-0.2, -0.15) is 0 Å². The van der Waals surface area contributed by atoms with E-state index in [4.69, 9.17) is 9.84 Å². The van der Waals surface area contributed by atoms with Crippen LogP contribution in [0.3, 0.4) is 0 Å². The molecule has 2 N–H and O–H groups in total. The van der Waals surface area contributed by atoms with E-state index in [1.165, 1.54) is 6.92 Å². The number of carbonyl (C=O) groups excluding carboxylic acids is 1. The molecule has 1 amide bonds. The van der Waals surface area contributed by atoms with Crippen molar-refractivity contribution in [3.63, 3.8) is 0 Å². The standard InChI is InChI=1S/C11H15NO3/c1-8(12-9(2)13)7-15-11-5-3-10(14)4-6-11/h3-6,8,14H,7H2,1-2H3,(H,12,13)/t8-/m0/s1. The number of amides is 1. The molecule has 0 aliphatic carbocycles. The number of carbonyl (C=O) groups is 1. The number of phenols is 1. The number of phenolic OH excluding ortho intramolecular Hbond substituents is 1. The topological polar surface area (TPSA) is 58.6 Å². The van der Waals surface area contributed by atoms with E-state index in [2.05, 4.69) is 5.32 Å². The minimum absolute atomic E-state index is 0.0312. The fourth-order valence-corrected chi connectivity index (χ4v) is 1.15. The third-order valence-electron chi connectivity index (χ3n) is 1.79. The molecule has 0 aliphatic rings. The summed E-state index contributed by atoms with van der Waals surface area (Å²) in [4.78, 5) is 10.7. The minimum Gasteiger partial charge on any atom is -0.508 e. The molecule has 0 aromatic heterocycles. The molecule has 0 spiro atoms. The molecule has 4 heteroatoms. The number of aromatic hydroxyl groups is 1. The predicted molar refractivity (Wildman–Crippen MR) is 56.9 cm³/mol. The monoisotopic (exact) mass is 209 g/mol. The molecule has 1 aromatic carbocycles. The highest BCUT2D eigenvalue weighted by Gasteiger charge is 2.03. The highest BCUT2D eigenvalue weighted by atomic mass is 16.5. The van der Waals surface area contributed by atoms with Gasteiger partial charge in [-0.15, -0.1) is 0 Å². The van der Waals surface area contributed by atoms with Crippen LogP contribution in [-0.4, -0.2) is 23.7 Å². The van der Waals surface area contributed by atoms with Crippen LogP contribution in [0.25, 0.3) is 0 Å². The first-order valence-corrected chi connectivity index (χ1v) is 4.77. The Balaban J connectivity index is 2.36. The summed E-state index contributed by atoms with van der Waals surface area (Å²) in [7, 11) is 0. The molecule has 0 saturated heterocycles. The maximum absolute atomic E-state index is 10.7. The van der Waals surface area contributed by atoms with E-state index in [1.807, 2.05) is 6.92 Å². The van der Waals surface area contributed by atoms with E-state index in [0.717, 1.165) is 0 Å². The van der Waals surface area contributed by atoms with Crippen molar-refractivity contribution in [2.75, 3.05) is 6.61 Å². The predicted octanol–water partition coefficient (Wildman–Crippen LogP) is 1.30. The lowest BCUT2D eigenvalue weighted by atomic mass is 10.3. The zero-order valence-corrected chi connectivity index (χ0v) is 8.86. The first-order valence-electron chi connectivity index (χ1n) is 4.77. The van der Waals surface area contributed by atoms with Gasteiger partial charge in [-0.05, 0) is 31.2 Å². The summed E-state index contributed by atoms with van der Waals surface area (Å²) < 4.78 is 5.40. The highest BCUT2D eigenvalue weighted by Crippen LogP contribution is 2.15. The molecule has 15 heavy (non-hydrogen) atoms. The van der Waals surface area contributed by atoms with Crippen molar-refractivity contribution in [2.45, 2.75) is 19.9 Å². The normalized spacial score (nSPS) is 11.9. The Morgan fingerprint density at radius 3 is 2.60 bits per heavy atom. The fraction of sp³-hybridized carbons (Fsp3) is 0.364. The molecule has 0 aliphatic heterocycles. The zero-order valence-electron chi connectivity index (χ0n) is 8.86. The van der Waals surface area contributed by atoms with Crippen LogP contribution in [0.15, 0.2) is 24.3 Å². The molecular formula is C11H15NO3. The number of rotatable bonds is 4. The van der Waals surface area contributed by atoms with Gasteiger partial charge >= 0.3 is 0 Å². The molecule has 0 fully saturated rings. The minimum atomic E-state index is -0.0724. The van der Waals surface area contributed by atoms with Crippen molar-refractivity contribution in [2.24, 2.45) is 0 Å². The Kier molecular flexibility index (Phi) is 3.97. The molecule has 0 heterocycles. The van der Waals surface area contributed by atoms with Gasteiger partial charge in [0.1, 0.15) is 18.1 Å². The summed E-state index contributed by atoms with van der Waals surface area (Å²) in [6, 6.07) is 6.43. The summed E-state index contributed by atoms with van der Waals surface area (Å²) in [5, 5.41) is 11.8. The average molecular weight is 209 g/mol. The summed E-state index contributed by atoms with van der Waals surface area (Å²) in [5.74, 6) is 0.805. The van der Waals surface area contributed by atoms with Crippen LogP contribution in [0, 0.1) is 0 Å².